The van der Waals surface area contributed by atoms with E-state index < -0.39 is 5.97 Å². The number of methoxy groups -OCH3 is 1. The Morgan fingerprint density at radius 1 is 0.972 bits per heavy atom. The molecule has 2 heterocycles. The number of nitrogens with zero attached hydrogens (tertiary/aromatic N) is 4. The summed E-state index contributed by atoms with van der Waals surface area (Å²) in [6.45, 7) is 5.98. The molecule has 9 nitrogen and oxygen atoms in total. The van der Waals surface area contributed by atoms with Gasteiger partial charge in [0.05, 0.1) is 13.7 Å². The lowest BCUT2D eigenvalue weighted by Crippen LogP contribution is -2.11. The van der Waals surface area contributed by atoms with Crippen LogP contribution in [0.15, 0.2) is 61.1 Å². The third-order valence-corrected chi connectivity index (χ3v) is 5.45. The number of rotatable bonds is 9. The summed E-state index contributed by atoms with van der Waals surface area (Å²) in [4.78, 5) is 30.2. The van der Waals surface area contributed by atoms with Crippen LogP contribution in [-0.2, 0) is 11.2 Å². The summed E-state index contributed by atoms with van der Waals surface area (Å²) >= 11 is 0. The number of anilines is 4. The highest BCUT2D eigenvalue weighted by Gasteiger charge is 2.18. The lowest BCUT2D eigenvalue weighted by atomic mass is 10.1. The number of aryl methyl sites for hydroxylation is 2. The number of ether oxygens (including phenoxy) is 2. The summed E-state index contributed by atoms with van der Waals surface area (Å²) in [6.07, 6.45) is 3.79. The third-order valence-electron chi connectivity index (χ3n) is 5.45. The van der Waals surface area contributed by atoms with Crippen LogP contribution in [0, 0.1) is 6.92 Å². The Bertz CT molecular complexity index is 1360. The van der Waals surface area contributed by atoms with Crippen molar-refractivity contribution >= 4 is 29.0 Å². The van der Waals surface area contributed by atoms with Crippen LogP contribution in [0.5, 0.6) is 5.75 Å². The Hall–Kier alpha value is -4.53. The first kappa shape index (κ1) is 24.6. The summed E-state index contributed by atoms with van der Waals surface area (Å²) in [7, 11) is 1.61. The van der Waals surface area contributed by atoms with Gasteiger partial charge in [0.1, 0.15) is 29.3 Å². The molecule has 0 aliphatic carbocycles. The monoisotopic (exact) mass is 484 g/mol. The molecule has 0 radical (unpaired) electrons. The van der Waals surface area contributed by atoms with E-state index in [0.29, 0.717) is 17.5 Å². The van der Waals surface area contributed by atoms with Crippen LogP contribution < -0.4 is 15.4 Å². The van der Waals surface area contributed by atoms with Gasteiger partial charge in [0.2, 0.25) is 0 Å². The average Bonchev–Trinajstić information content (AvgIpc) is 2.89. The molecule has 2 aromatic carbocycles. The van der Waals surface area contributed by atoms with Gasteiger partial charge in [0.15, 0.2) is 5.82 Å². The second-order valence-electron chi connectivity index (χ2n) is 7.92. The van der Waals surface area contributed by atoms with Crippen molar-refractivity contribution in [3.8, 4) is 17.1 Å². The van der Waals surface area contributed by atoms with Crippen molar-refractivity contribution in [3.05, 3.63) is 77.9 Å². The molecule has 2 aromatic heterocycles. The molecule has 0 fully saturated rings. The lowest BCUT2D eigenvalue weighted by Gasteiger charge is -2.16. The number of aromatic nitrogens is 4. The fourth-order valence-corrected chi connectivity index (χ4v) is 3.59. The third kappa shape index (κ3) is 5.75. The molecule has 0 saturated carbocycles. The van der Waals surface area contributed by atoms with Gasteiger partial charge in [-0.25, -0.2) is 24.7 Å². The first-order chi connectivity index (χ1) is 17.5. The van der Waals surface area contributed by atoms with Crippen LogP contribution >= 0.6 is 0 Å². The zero-order valence-corrected chi connectivity index (χ0v) is 20.7. The summed E-state index contributed by atoms with van der Waals surface area (Å²) < 4.78 is 10.5. The fourth-order valence-electron chi connectivity index (χ4n) is 3.59. The van der Waals surface area contributed by atoms with E-state index >= 15 is 0 Å². The minimum atomic E-state index is -0.495. The maximum absolute atomic E-state index is 12.7. The topological polar surface area (TPSA) is 111 Å². The molecule has 2 N–H and O–H groups in total. The van der Waals surface area contributed by atoms with Crippen LogP contribution in [0.1, 0.15) is 35.5 Å². The maximum atomic E-state index is 12.7. The largest absolute Gasteiger partial charge is 0.497 e. The van der Waals surface area contributed by atoms with Gasteiger partial charge in [-0.2, -0.15) is 0 Å². The molecule has 0 bridgehead atoms. The van der Waals surface area contributed by atoms with Crippen molar-refractivity contribution in [1.82, 2.24) is 19.9 Å². The zero-order chi connectivity index (χ0) is 25.5. The fraction of sp³-hybridized carbons (Fsp3) is 0.222. The van der Waals surface area contributed by atoms with E-state index in [2.05, 4.69) is 32.5 Å². The van der Waals surface area contributed by atoms with Gasteiger partial charge in [-0.05, 0) is 62.2 Å². The molecular weight excluding hydrogens is 456 g/mol. The summed E-state index contributed by atoms with van der Waals surface area (Å²) in [6, 6.07) is 15.2. The predicted molar refractivity (Wildman–Crippen MR) is 139 cm³/mol. The molecule has 184 valence electrons. The van der Waals surface area contributed by atoms with E-state index in [1.54, 1.807) is 14.0 Å². The van der Waals surface area contributed by atoms with Gasteiger partial charge in [0.25, 0.3) is 0 Å². The average molecular weight is 485 g/mol. The highest BCUT2D eigenvalue weighted by Crippen LogP contribution is 2.29. The van der Waals surface area contributed by atoms with Crippen LogP contribution in [0.2, 0.25) is 0 Å². The Morgan fingerprint density at radius 2 is 1.78 bits per heavy atom. The maximum Gasteiger partial charge on any atom is 0.343 e. The van der Waals surface area contributed by atoms with E-state index in [0.717, 1.165) is 40.4 Å². The lowest BCUT2D eigenvalue weighted by molar-refractivity contribution is 0.0526. The van der Waals surface area contributed by atoms with Crippen molar-refractivity contribution in [2.24, 2.45) is 0 Å². The van der Waals surface area contributed by atoms with Crippen LogP contribution in [0.25, 0.3) is 11.4 Å². The Labute approximate surface area is 210 Å². The minimum Gasteiger partial charge on any atom is -0.497 e. The molecule has 0 spiro atoms. The van der Waals surface area contributed by atoms with Crippen molar-refractivity contribution in [2.45, 2.75) is 27.2 Å². The second-order valence-corrected chi connectivity index (χ2v) is 7.92. The zero-order valence-electron chi connectivity index (χ0n) is 20.7. The van der Waals surface area contributed by atoms with Crippen molar-refractivity contribution in [2.75, 3.05) is 24.4 Å². The number of nitrogens with one attached hydrogen (secondary N) is 2. The van der Waals surface area contributed by atoms with E-state index in [-0.39, 0.29) is 12.2 Å². The highest BCUT2D eigenvalue weighted by atomic mass is 16.5. The summed E-state index contributed by atoms with van der Waals surface area (Å²) in [5, 5.41) is 6.65. The smallest absolute Gasteiger partial charge is 0.343 e. The molecule has 4 rings (SSSR count). The normalized spacial score (nSPS) is 10.6. The molecule has 4 aromatic rings. The molecule has 0 atom stereocenters. The first-order valence-electron chi connectivity index (χ1n) is 11.6. The molecular formula is C27H28N6O3. The second kappa shape index (κ2) is 11.3. The number of hydrogen-bond acceptors (Lipinski definition) is 9. The Balaban J connectivity index is 1.72. The molecule has 0 unspecified atom stereocenters. The van der Waals surface area contributed by atoms with E-state index in [9.17, 15) is 4.79 Å². The van der Waals surface area contributed by atoms with Crippen LogP contribution in [0.4, 0.5) is 23.0 Å². The molecule has 0 aliphatic heterocycles. The van der Waals surface area contributed by atoms with Gasteiger partial charge in [0, 0.05) is 34.9 Å². The quantitative estimate of drug-likeness (QED) is 0.298. The number of esters is 1. The standard InChI is InChI=1S/C27H28N6O3/c1-5-18-7-10-20(31-24-13-17(3)29-16-30-24)14-23(18)32-26-22(27(34)36-6-2)15-28-25(33-26)19-8-11-21(35-4)12-9-19/h7-16H,5-6H2,1-4H3,(H,28,32,33)(H,29,30,31). The van der Waals surface area contributed by atoms with Gasteiger partial charge >= 0.3 is 5.97 Å². The van der Waals surface area contributed by atoms with Crippen molar-refractivity contribution < 1.29 is 14.3 Å². The Kier molecular flexibility index (Phi) is 7.69. The van der Waals surface area contributed by atoms with E-state index in [1.807, 2.05) is 55.5 Å². The van der Waals surface area contributed by atoms with Crippen molar-refractivity contribution in [1.29, 1.82) is 0 Å². The van der Waals surface area contributed by atoms with E-state index in [1.165, 1.54) is 12.5 Å². The molecule has 0 amide bonds. The molecule has 9 heteroatoms. The summed E-state index contributed by atoms with van der Waals surface area (Å²) in [5.41, 5.74) is 4.59. The Morgan fingerprint density at radius 3 is 2.47 bits per heavy atom. The number of carbonyl (C=O) groups excluding carboxylic acids is 1. The first-order valence-corrected chi connectivity index (χ1v) is 11.6. The SMILES string of the molecule is CCOC(=O)c1cnc(-c2ccc(OC)cc2)nc1Nc1cc(Nc2cc(C)ncn2)ccc1CC. The number of carbonyl (C=O) groups is 1. The molecule has 0 saturated heterocycles. The van der Waals surface area contributed by atoms with Crippen LogP contribution in [0.3, 0.4) is 0 Å². The van der Waals surface area contributed by atoms with E-state index in [4.69, 9.17) is 14.5 Å². The van der Waals surface area contributed by atoms with Gasteiger partial charge < -0.3 is 20.1 Å². The summed E-state index contributed by atoms with van der Waals surface area (Å²) in [5.74, 6) is 1.76. The van der Waals surface area contributed by atoms with Crippen molar-refractivity contribution in [3.63, 3.8) is 0 Å². The molecule has 0 aliphatic rings. The number of hydrogen-bond donors (Lipinski definition) is 2. The van der Waals surface area contributed by atoms with Crippen LogP contribution in [-0.4, -0.2) is 39.6 Å². The molecule has 36 heavy (non-hydrogen) atoms. The van der Waals surface area contributed by atoms with Gasteiger partial charge in [-0.15, -0.1) is 0 Å². The minimum absolute atomic E-state index is 0.246. The van der Waals surface area contributed by atoms with Gasteiger partial charge in [-0.1, -0.05) is 13.0 Å². The highest BCUT2D eigenvalue weighted by molar-refractivity contribution is 5.95. The number of benzene rings is 2. The predicted octanol–water partition coefficient (Wildman–Crippen LogP) is 5.48. The van der Waals surface area contributed by atoms with Gasteiger partial charge in [-0.3, -0.25) is 0 Å².